The fourth-order valence-electron chi connectivity index (χ4n) is 4.20. The summed E-state index contributed by atoms with van der Waals surface area (Å²) >= 11 is 0. The van der Waals surface area contributed by atoms with Gasteiger partial charge < -0.3 is 0 Å². The number of aromatic nitrogens is 4. The summed E-state index contributed by atoms with van der Waals surface area (Å²) in [6.45, 7) is 1.66. The minimum atomic E-state index is -4.53. The first-order valence-electron chi connectivity index (χ1n) is 11.5. The van der Waals surface area contributed by atoms with Gasteiger partial charge in [-0.15, -0.1) is 0 Å². The molecule has 0 bridgehead atoms. The Morgan fingerprint density at radius 1 is 0.725 bits per heavy atom. The molecule has 0 atom stereocenters. The van der Waals surface area contributed by atoms with Gasteiger partial charge in [0.1, 0.15) is 64.5 Å². The molecule has 0 N–H and O–H groups in total. The van der Waals surface area contributed by atoms with Gasteiger partial charge in [-0.25, -0.2) is 26.7 Å². The molecule has 4 aromatic rings. The molecule has 0 amide bonds. The number of rotatable bonds is 2. The number of nitrogens with zero attached hydrogens (tertiary/aromatic N) is 4. The maximum absolute atomic E-state index is 14.0. The van der Waals surface area contributed by atoms with Crippen LogP contribution < -0.4 is 9.13 Å². The summed E-state index contributed by atoms with van der Waals surface area (Å²) in [5.74, 6) is -3.09. The Hall–Kier alpha value is -4.10. The normalized spacial score (nSPS) is 12.5. The van der Waals surface area contributed by atoms with Gasteiger partial charge in [0.15, 0.2) is 12.4 Å². The van der Waals surface area contributed by atoms with E-state index >= 15 is 0 Å². The van der Waals surface area contributed by atoms with Gasteiger partial charge in [0.25, 0.3) is 0 Å². The second-order valence-corrected chi connectivity index (χ2v) is 8.76. The molecule has 2 aromatic carbocycles. The quantitative estimate of drug-likeness (QED) is 0.187. The molecule has 14 heteroatoms. The predicted molar refractivity (Wildman–Crippen MR) is 119 cm³/mol. The number of benzene rings is 2. The molecule has 0 aliphatic carbocycles. The fourth-order valence-corrected chi connectivity index (χ4v) is 4.20. The van der Waals surface area contributed by atoms with Crippen molar-refractivity contribution in [3.8, 4) is 22.8 Å². The molecule has 3 heterocycles. The summed E-state index contributed by atoms with van der Waals surface area (Å²) < 4.78 is 132. The SMILES string of the molecule is CCc1cc(F)cc(F)c1-c1ncc(C(F)(F)F)c[n+]1C.Fc1cc(F)c2c(c1)C[n+]1cc(C(F)(F)F)cnc1-2. The highest BCUT2D eigenvalue weighted by molar-refractivity contribution is 5.61. The van der Waals surface area contributed by atoms with Crippen LogP contribution in [0.5, 0.6) is 0 Å². The van der Waals surface area contributed by atoms with Crippen LogP contribution in [0.3, 0.4) is 0 Å². The molecular weight excluding hydrogens is 558 g/mol. The first-order chi connectivity index (χ1) is 18.6. The third kappa shape index (κ3) is 5.75. The highest BCUT2D eigenvalue weighted by atomic mass is 19.4. The van der Waals surface area contributed by atoms with E-state index in [2.05, 4.69) is 9.97 Å². The van der Waals surface area contributed by atoms with E-state index < -0.39 is 46.7 Å². The first-order valence-corrected chi connectivity index (χ1v) is 11.5. The monoisotopic (exact) mass is 576 g/mol. The molecule has 40 heavy (non-hydrogen) atoms. The Kier molecular flexibility index (Phi) is 7.56. The van der Waals surface area contributed by atoms with E-state index in [4.69, 9.17) is 0 Å². The van der Waals surface area contributed by atoms with Gasteiger partial charge in [-0.1, -0.05) is 6.92 Å². The number of hydrogen-bond acceptors (Lipinski definition) is 2. The number of alkyl halides is 6. The van der Waals surface area contributed by atoms with Gasteiger partial charge in [0.05, 0.1) is 7.05 Å². The number of hydrogen-bond donors (Lipinski definition) is 0. The van der Waals surface area contributed by atoms with Gasteiger partial charge in [-0.2, -0.15) is 26.3 Å². The Bertz CT molecular complexity index is 1600. The van der Waals surface area contributed by atoms with Crippen LogP contribution in [0.1, 0.15) is 29.2 Å². The van der Waals surface area contributed by atoms with E-state index in [1.165, 1.54) is 7.05 Å². The van der Waals surface area contributed by atoms with Crippen molar-refractivity contribution < 1.29 is 53.0 Å². The maximum Gasteiger partial charge on any atom is 0.423 e. The molecule has 0 radical (unpaired) electrons. The van der Waals surface area contributed by atoms with Crippen LogP contribution in [0.15, 0.2) is 49.1 Å². The molecule has 1 aliphatic rings. The Morgan fingerprint density at radius 2 is 1.25 bits per heavy atom. The van der Waals surface area contributed by atoms with Crippen LogP contribution in [0.4, 0.5) is 43.9 Å². The van der Waals surface area contributed by atoms with Crippen molar-refractivity contribution in [1.82, 2.24) is 9.97 Å². The summed E-state index contributed by atoms with van der Waals surface area (Å²) in [5.41, 5.74) is -1.18. The lowest BCUT2D eigenvalue weighted by Crippen LogP contribution is -2.34. The van der Waals surface area contributed by atoms with Crippen LogP contribution in [0.2, 0.25) is 0 Å². The number of aryl methyl sites for hydroxylation is 2. The molecule has 0 unspecified atom stereocenters. The molecule has 5 rings (SSSR count). The topological polar surface area (TPSA) is 33.5 Å². The summed E-state index contributed by atoms with van der Waals surface area (Å²) in [6, 6.07) is 3.62. The second kappa shape index (κ2) is 10.5. The molecule has 2 aromatic heterocycles. The lowest BCUT2D eigenvalue weighted by molar-refractivity contribution is -0.675. The molecule has 0 fully saturated rings. The highest BCUT2D eigenvalue weighted by Crippen LogP contribution is 2.33. The van der Waals surface area contributed by atoms with Crippen molar-refractivity contribution in [1.29, 1.82) is 0 Å². The van der Waals surface area contributed by atoms with Crippen LogP contribution in [0.25, 0.3) is 22.8 Å². The minimum absolute atomic E-state index is 0.00937. The van der Waals surface area contributed by atoms with Crippen LogP contribution in [-0.2, 0) is 32.4 Å². The zero-order valence-corrected chi connectivity index (χ0v) is 20.6. The molecule has 1 aliphatic heterocycles. The molecule has 4 nitrogen and oxygen atoms in total. The van der Waals surface area contributed by atoms with Crippen molar-refractivity contribution in [2.45, 2.75) is 32.2 Å². The van der Waals surface area contributed by atoms with Crippen molar-refractivity contribution in [2.75, 3.05) is 0 Å². The third-order valence-corrected chi connectivity index (χ3v) is 5.98. The smallest absolute Gasteiger partial charge is 0.232 e. The van der Waals surface area contributed by atoms with E-state index in [0.717, 1.165) is 33.7 Å². The minimum Gasteiger partial charge on any atom is -0.232 e. The van der Waals surface area contributed by atoms with Crippen molar-refractivity contribution >= 4 is 0 Å². The van der Waals surface area contributed by atoms with Crippen LogP contribution >= 0.6 is 0 Å². The van der Waals surface area contributed by atoms with Gasteiger partial charge >= 0.3 is 24.0 Å². The zero-order chi connectivity index (χ0) is 29.6. The fraction of sp³-hybridized carbons (Fsp3) is 0.231. The second-order valence-electron chi connectivity index (χ2n) is 8.76. The van der Waals surface area contributed by atoms with Crippen molar-refractivity contribution in [3.63, 3.8) is 0 Å². The average molecular weight is 576 g/mol. The Labute approximate surface area is 220 Å². The molecule has 0 saturated carbocycles. The lowest BCUT2D eigenvalue weighted by atomic mass is 10.0. The standard InChI is InChI=1S/C14H12F5N2.C12H6F5N2/c1-3-8-4-10(15)5-11(16)12(8)13-20-6-9(7-21(13)2)14(17,18)19;13-8-1-6-4-19-5-7(12(15,16)17)3-18-11(19)10(6)9(14)2-8/h4-7H,3H2,1-2H3;1-3,5H,4H2/q2*+1. The summed E-state index contributed by atoms with van der Waals surface area (Å²) in [5, 5.41) is 0. The van der Waals surface area contributed by atoms with Crippen molar-refractivity contribution in [3.05, 3.63) is 94.6 Å². The first kappa shape index (κ1) is 28.9. The molecule has 0 saturated heterocycles. The van der Waals surface area contributed by atoms with Crippen LogP contribution in [-0.4, -0.2) is 9.97 Å². The molecular formula is C26H18F10N4+2. The Morgan fingerprint density at radius 3 is 1.80 bits per heavy atom. The Balaban J connectivity index is 0.000000186. The summed E-state index contributed by atoms with van der Waals surface area (Å²) in [6.07, 6.45) is -5.77. The van der Waals surface area contributed by atoms with E-state index in [1.807, 2.05) is 0 Å². The number of fused-ring (bicyclic) bond motifs is 3. The molecule has 0 spiro atoms. The predicted octanol–water partition coefficient (Wildman–Crippen LogP) is 6.13. The zero-order valence-electron chi connectivity index (χ0n) is 20.6. The van der Waals surface area contributed by atoms with E-state index in [9.17, 15) is 43.9 Å². The summed E-state index contributed by atoms with van der Waals surface area (Å²) in [7, 11) is 1.33. The van der Waals surface area contributed by atoms with Gasteiger partial charge in [-0.05, 0) is 34.1 Å². The van der Waals surface area contributed by atoms with E-state index in [0.29, 0.717) is 36.5 Å². The van der Waals surface area contributed by atoms with Crippen LogP contribution in [0, 0.1) is 23.3 Å². The van der Waals surface area contributed by atoms with E-state index in [-0.39, 0.29) is 34.9 Å². The largest absolute Gasteiger partial charge is 0.423 e. The third-order valence-electron chi connectivity index (χ3n) is 5.98. The van der Waals surface area contributed by atoms with E-state index in [1.54, 1.807) is 6.92 Å². The van der Waals surface area contributed by atoms with Crippen molar-refractivity contribution in [2.24, 2.45) is 7.05 Å². The molecule has 210 valence electrons. The average Bonchev–Trinajstić information content (AvgIpc) is 3.21. The highest BCUT2D eigenvalue weighted by Gasteiger charge is 2.38. The lowest BCUT2D eigenvalue weighted by Gasteiger charge is -2.09. The maximum atomic E-state index is 14.0. The van der Waals surface area contributed by atoms with Gasteiger partial charge in [-0.3, -0.25) is 0 Å². The number of halogens is 10. The van der Waals surface area contributed by atoms with Gasteiger partial charge in [0.2, 0.25) is 0 Å². The summed E-state index contributed by atoms with van der Waals surface area (Å²) in [4.78, 5) is 7.33. The van der Waals surface area contributed by atoms with Gasteiger partial charge in [0, 0.05) is 17.7 Å².